The number of nitrogens with one attached hydrogen (secondary N) is 1. The van der Waals surface area contributed by atoms with Crippen LogP contribution >= 0.6 is 11.9 Å². The fourth-order valence-corrected chi connectivity index (χ4v) is 4.92. The Morgan fingerprint density at radius 2 is 1.86 bits per heavy atom. The maximum atomic E-state index is 4.72. The normalized spacial score (nSPS) is 16.6. The van der Waals surface area contributed by atoms with E-state index in [2.05, 4.69) is 66.8 Å². The zero-order valence-electron chi connectivity index (χ0n) is 20.1. The smallest absolute Gasteiger partial charge is 0.137 e. The number of aryl methyl sites for hydroxylation is 1. The highest BCUT2D eigenvalue weighted by molar-refractivity contribution is 7.98. The van der Waals surface area contributed by atoms with E-state index in [4.69, 9.17) is 4.98 Å². The number of hydrogen-bond acceptors (Lipinski definition) is 7. The molecule has 3 aromatic heterocycles. The Balaban J connectivity index is 0.000000191. The molecule has 0 radical (unpaired) electrons. The number of pyridine rings is 1. The Labute approximate surface area is 209 Å². The van der Waals surface area contributed by atoms with Crippen LogP contribution in [0, 0.1) is 6.92 Å². The lowest BCUT2D eigenvalue weighted by atomic mass is 10.2. The highest BCUT2D eigenvalue weighted by atomic mass is 32.2. The highest BCUT2D eigenvalue weighted by Crippen LogP contribution is 2.40. The second-order valence-electron chi connectivity index (χ2n) is 9.52. The first-order valence-corrected chi connectivity index (χ1v) is 13.0. The summed E-state index contributed by atoms with van der Waals surface area (Å²) in [5, 5.41) is 3.49. The Kier molecular flexibility index (Phi) is 5.90. The third kappa shape index (κ3) is 5.17. The van der Waals surface area contributed by atoms with Crippen molar-refractivity contribution in [3.8, 4) is 0 Å². The molecule has 1 aromatic carbocycles. The topological polar surface area (TPSA) is 70.7 Å². The van der Waals surface area contributed by atoms with Crippen LogP contribution in [0.4, 0.5) is 11.4 Å². The lowest BCUT2D eigenvalue weighted by Crippen LogP contribution is -2.17. The molecule has 2 aliphatic carbocycles. The van der Waals surface area contributed by atoms with Gasteiger partial charge in [-0.15, -0.1) is 0 Å². The van der Waals surface area contributed by atoms with Gasteiger partial charge in [-0.3, -0.25) is 0 Å². The molecule has 2 fully saturated rings. The van der Waals surface area contributed by atoms with Crippen molar-refractivity contribution in [3.05, 3.63) is 77.8 Å². The van der Waals surface area contributed by atoms with Gasteiger partial charge < -0.3 is 14.6 Å². The molecule has 7 rings (SSSR count). The lowest BCUT2D eigenvalue weighted by Gasteiger charge is -2.21. The molecule has 178 valence electrons. The van der Waals surface area contributed by atoms with Crippen LogP contribution in [0.1, 0.15) is 60.3 Å². The minimum atomic E-state index is 0.680. The zero-order valence-corrected chi connectivity index (χ0v) is 20.9. The Morgan fingerprint density at radius 1 is 1.00 bits per heavy atom. The van der Waals surface area contributed by atoms with Gasteiger partial charge in [0, 0.05) is 54.9 Å². The molecule has 1 aliphatic heterocycles. The van der Waals surface area contributed by atoms with Crippen LogP contribution in [0.3, 0.4) is 0 Å². The number of rotatable bonds is 5. The average molecular weight is 484 g/mol. The summed E-state index contributed by atoms with van der Waals surface area (Å²) >= 11 is 1.51. The van der Waals surface area contributed by atoms with Gasteiger partial charge in [-0.2, -0.15) is 0 Å². The second-order valence-corrected chi connectivity index (χ2v) is 10.4. The van der Waals surface area contributed by atoms with E-state index in [0.717, 1.165) is 34.5 Å². The predicted octanol–water partition coefficient (Wildman–Crippen LogP) is 5.97. The molecule has 0 saturated heterocycles. The molecule has 8 heteroatoms. The minimum Gasteiger partial charge on any atom is -0.379 e. The first-order valence-electron chi connectivity index (χ1n) is 12.2. The number of aromatic nitrogens is 4. The van der Waals surface area contributed by atoms with Gasteiger partial charge in [0.15, 0.2) is 0 Å². The van der Waals surface area contributed by atoms with Gasteiger partial charge in [0.1, 0.15) is 17.8 Å². The number of nitrogens with zero attached hydrogens (tertiary/aromatic N) is 6. The summed E-state index contributed by atoms with van der Waals surface area (Å²) in [6.45, 7) is 2.72. The maximum absolute atomic E-state index is 4.72. The maximum Gasteiger partial charge on any atom is 0.137 e. The summed E-state index contributed by atoms with van der Waals surface area (Å²) in [7, 11) is 2.02. The molecule has 0 amide bonds. The SMILES string of the molecule is CN1C=NSc2ccc(NCc3cn4cc(C5CC5)ccc4n3)cc21.Cc1ccnc(C2CC2)n1. The van der Waals surface area contributed by atoms with Gasteiger partial charge in [-0.25, -0.2) is 19.3 Å². The summed E-state index contributed by atoms with van der Waals surface area (Å²) in [4.78, 5) is 16.5. The largest absolute Gasteiger partial charge is 0.379 e. The molecule has 2 saturated carbocycles. The first kappa shape index (κ1) is 22.1. The Bertz CT molecular complexity index is 1390. The van der Waals surface area contributed by atoms with Crippen LogP contribution in [0.2, 0.25) is 0 Å². The van der Waals surface area contributed by atoms with Crippen LogP contribution in [0.5, 0.6) is 0 Å². The van der Waals surface area contributed by atoms with Crippen LogP contribution in [-0.2, 0) is 6.54 Å². The van der Waals surface area contributed by atoms with Gasteiger partial charge in [0.25, 0.3) is 0 Å². The fourth-order valence-electron chi connectivity index (χ4n) is 4.20. The standard InChI is InChI=1S/C19H19N5S.C8H10N2/c1-23-12-21-25-18-6-5-15(8-17(18)23)20-9-16-11-24-10-14(13-2-3-13)4-7-19(24)22-16;1-6-4-5-9-8(10-6)7-2-3-7/h4-8,10-13,20H,2-3,9H2,1H3;4-5,7H,2-3H2,1H3. The number of fused-ring (bicyclic) bond motifs is 2. The minimum absolute atomic E-state index is 0.680. The molecule has 0 unspecified atom stereocenters. The fraction of sp³-hybridized carbons (Fsp3) is 0.333. The van der Waals surface area contributed by atoms with Crippen molar-refractivity contribution in [2.45, 2.75) is 55.9 Å². The van der Waals surface area contributed by atoms with Crippen molar-refractivity contribution in [3.63, 3.8) is 0 Å². The van der Waals surface area contributed by atoms with E-state index in [1.165, 1.54) is 53.8 Å². The Hall–Kier alpha value is -3.39. The highest BCUT2D eigenvalue weighted by Gasteiger charge is 2.26. The van der Waals surface area contributed by atoms with E-state index in [9.17, 15) is 0 Å². The van der Waals surface area contributed by atoms with Gasteiger partial charge in [0.2, 0.25) is 0 Å². The third-order valence-corrected chi connectivity index (χ3v) is 7.25. The van der Waals surface area contributed by atoms with Crippen LogP contribution in [-0.4, -0.2) is 32.7 Å². The van der Waals surface area contributed by atoms with Gasteiger partial charge in [-0.05, 0) is 74.4 Å². The summed E-state index contributed by atoms with van der Waals surface area (Å²) < 4.78 is 6.41. The van der Waals surface area contributed by atoms with Gasteiger partial charge in [0.05, 0.1) is 22.8 Å². The molecule has 4 heterocycles. The first-order chi connectivity index (χ1) is 17.1. The van der Waals surface area contributed by atoms with E-state index in [1.807, 2.05) is 37.5 Å². The van der Waals surface area contributed by atoms with E-state index >= 15 is 0 Å². The number of benzene rings is 1. The van der Waals surface area contributed by atoms with Crippen molar-refractivity contribution >= 4 is 35.3 Å². The summed E-state index contributed by atoms with van der Waals surface area (Å²) in [6.07, 6.45) is 13.3. The second kappa shape index (κ2) is 9.34. The molecular weight excluding hydrogens is 454 g/mol. The monoisotopic (exact) mass is 483 g/mol. The molecule has 0 spiro atoms. The van der Waals surface area contributed by atoms with E-state index in [1.54, 1.807) is 0 Å². The third-order valence-electron chi connectivity index (χ3n) is 6.51. The summed E-state index contributed by atoms with van der Waals surface area (Å²) in [6, 6.07) is 12.7. The van der Waals surface area contributed by atoms with Crippen LogP contribution in [0.15, 0.2) is 64.3 Å². The van der Waals surface area contributed by atoms with Gasteiger partial charge >= 0.3 is 0 Å². The van der Waals surface area contributed by atoms with Crippen molar-refractivity contribution in [1.82, 2.24) is 19.4 Å². The molecule has 4 aromatic rings. The molecule has 7 nitrogen and oxygen atoms in total. The quantitative estimate of drug-likeness (QED) is 0.353. The van der Waals surface area contributed by atoms with E-state index in [0.29, 0.717) is 12.5 Å². The van der Waals surface area contributed by atoms with E-state index in [-0.39, 0.29) is 0 Å². The van der Waals surface area contributed by atoms with Crippen LogP contribution < -0.4 is 10.2 Å². The van der Waals surface area contributed by atoms with Crippen LogP contribution in [0.25, 0.3) is 5.65 Å². The zero-order chi connectivity index (χ0) is 23.8. The number of imidazole rings is 1. The van der Waals surface area contributed by atoms with Crippen molar-refractivity contribution in [2.75, 3.05) is 17.3 Å². The molecule has 1 N–H and O–H groups in total. The molecule has 3 aliphatic rings. The van der Waals surface area contributed by atoms with Gasteiger partial charge in [-0.1, -0.05) is 6.07 Å². The predicted molar refractivity (Wildman–Crippen MR) is 142 cm³/mol. The van der Waals surface area contributed by atoms with Crippen molar-refractivity contribution in [1.29, 1.82) is 0 Å². The molecular formula is C27H29N7S. The van der Waals surface area contributed by atoms with Crippen molar-refractivity contribution in [2.24, 2.45) is 4.40 Å². The molecule has 35 heavy (non-hydrogen) atoms. The average Bonchev–Trinajstić information content (AvgIpc) is 3.80. The molecule has 0 bridgehead atoms. The Morgan fingerprint density at radius 3 is 2.66 bits per heavy atom. The molecule has 0 atom stereocenters. The van der Waals surface area contributed by atoms with Crippen molar-refractivity contribution < 1.29 is 0 Å². The number of hydrogen-bond donors (Lipinski definition) is 1. The number of anilines is 2. The van der Waals surface area contributed by atoms with E-state index < -0.39 is 0 Å². The summed E-state index contributed by atoms with van der Waals surface area (Å²) in [5.41, 5.74) is 6.85. The lowest BCUT2D eigenvalue weighted by molar-refractivity contribution is 0.906. The summed E-state index contributed by atoms with van der Waals surface area (Å²) in [5.74, 6) is 2.49.